The van der Waals surface area contributed by atoms with Crippen LogP contribution in [0.2, 0.25) is 0 Å². The van der Waals surface area contributed by atoms with E-state index in [0.717, 1.165) is 12.8 Å². The summed E-state index contributed by atoms with van der Waals surface area (Å²) < 4.78 is 4.90. The van der Waals surface area contributed by atoms with Gasteiger partial charge in [0.15, 0.2) is 5.79 Å². The van der Waals surface area contributed by atoms with E-state index in [1.165, 1.54) is 0 Å². The number of hydrogen-bond acceptors (Lipinski definition) is 2. The summed E-state index contributed by atoms with van der Waals surface area (Å²) in [5.41, 5.74) is 0. The lowest BCUT2D eigenvalue weighted by Gasteiger charge is -1.90. The smallest absolute Gasteiger partial charge is 0.190 e. The molecule has 0 bridgehead atoms. The van der Waals surface area contributed by atoms with Crippen molar-refractivity contribution in [2.24, 2.45) is 0 Å². The van der Waals surface area contributed by atoms with Crippen molar-refractivity contribution in [2.45, 2.75) is 38.6 Å². The highest BCUT2D eigenvalue weighted by Gasteiger charge is 2.49. The fourth-order valence-corrected chi connectivity index (χ4v) is 0.843. The second kappa shape index (κ2) is 1.71. The Morgan fingerprint density at radius 2 is 2.25 bits per heavy atom. The number of aliphatic hydroxyl groups is 1. The molecule has 2 heteroatoms. The van der Waals surface area contributed by atoms with Gasteiger partial charge in [-0.3, -0.25) is 0 Å². The molecule has 0 aliphatic carbocycles. The van der Waals surface area contributed by atoms with Gasteiger partial charge in [0.05, 0.1) is 0 Å². The topological polar surface area (TPSA) is 32.8 Å². The fraction of sp³-hybridized carbons (Fsp3) is 1.00. The minimum Gasteiger partial charge on any atom is -0.364 e. The maximum absolute atomic E-state index is 9.00. The summed E-state index contributed by atoms with van der Waals surface area (Å²) in [6, 6.07) is 0. The molecule has 1 aliphatic rings. The highest BCUT2D eigenvalue weighted by Crippen LogP contribution is 2.35. The normalized spacial score (nSPS) is 44.6. The molecule has 1 N–H and O–H groups in total. The van der Waals surface area contributed by atoms with Crippen molar-refractivity contribution in [3.05, 3.63) is 0 Å². The molecule has 1 heterocycles. The lowest BCUT2D eigenvalue weighted by atomic mass is 10.2. The van der Waals surface area contributed by atoms with Gasteiger partial charge >= 0.3 is 0 Å². The van der Waals surface area contributed by atoms with Gasteiger partial charge in [-0.1, -0.05) is 13.3 Å². The number of rotatable bonds is 2. The molecule has 1 rings (SSSR count). The first kappa shape index (κ1) is 6.05. The summed E-state index contributed by atoms with van der Waals surface area (Å²) in [6.07, 6.45) is 2.18. The lowest BCUT2D eigenvalue weighted by molar-refractivity contribution is 0.0549. The van der Waals surface area contributed by atoms with Gasteiger partial charge in [-0.05, 0) is 13.3 Å². The highest BCUT2D eigenvalue weighted by molar-refractivity contribution is 4.87. The maximum atomic E-state index is 9.00. The standard InChI is InChI=1S/C6H12O2/c1-3-4-5-6(2,7)8-5/h5,7H,3-4H2,1-2H3. The van der Waals surface area contributed by atoms with Crippen LogP contribution in [0.5, 0.6) is 0 Å². The predicted octanol–water partition coefficient (Wildman–Crippen LogP) is 0.894. The molecule has 0 aromatic heterocycles. The van der Waals surface area contributed by atoms with Crippen molar-refractivity contribution in [3.8, 4) is 0 Å². The van der Waals surface area contributed by atoms with Crippen molar-refractivity contribution in [2.75, 3.05) is 0 Å². The zero-order chi connectivity index (χ0) is 6.20. The van der Waals surface area contributed by atoms with Crippen LogP contribution in [0, 0.1) is 0 Å². The van der Waals surface area contributed by atoms with Crippen molar-refractivity contribution in [1.82, 2.24) is 0 Å². The summed E-state index contributed by atoms with van der Waals surface area (Å²) in [5.74, 6) is -0.782. The Morgan fingerprint density at radius 1 is 1.75 bits per heavy atom. The van der Waals surface area contributed by atoms with Crippen LogP contribution in [-0.2, 0) is 4.74 Å². The van der Waals surface area contributed by atoms with Crippen LogP contribution in [0.15, 0.2) is 0 Å². The molecule has 2 unspecified atom stereocenters. The SMILES string of the molecule is CCCC1OC1(C)O. The van der Waals surface area contributed by atoms with Gasteiger partial charge in [0.2, 0.25) is 0 Å². The summed E-state index contributed by atoms with van der Waals surface area (Å²) in [4.78, 5) is 0. The Labute approximate surface area is 49.5 Å². The summed E-state index contributed by atoms with van der Waals surface area (Å²) >= 11 is 0. The van der Waals surface area contributed by atoms with Crippen LogP contribution in [0.25, 0.3) is 0 Å². The third-order valence-corrected chi connectivity index (χ3v) is 1.47. The maximum Gasteiger partial charge on any atom is 0.190 e. The Hall–Kier alpha value is -0.0800. The van der Waals surface area contributed by atoms with Crippen LogP contribution in [0.4, 0.5) is 0 Å². The van der Waals surface area contributed by atoms with Gasteiger partial charge in [0.1, 0.15) is 6.10 Å². The monoisotopic (exact) mass is 116 g/mol. The zero-order valence-electron chi connectivity index (χ0n) is 5.35. The second-order valence-electron chi connectivity index (χ2n) is 2.45. The average Bonchev–Trinajstić information content (AvgIpc) is 2.15. The van der Waals surface area contributed by atoms with Gasteiger partial charge in [-0.25, -0.2) is 0 Å². The van der Waals surface area contributed by atoms with Crippen LogP contribution >= 0.6 is 0 Å². The first-order valence-corrected chi connectivity index (χ1v) is 3.07. The summed E-state index contributed by atoms with van der Waals surface area (Å²) in [6.45, 7) is 3.78. The lowest BCUT2D eigenvalue weighted by Crippen LogP contribution is -2.06. The molecule has 8 heavy (non-hydrogen) atoms. The Morgan fingerprint density at radius 3 is 2.38 bits per heavy atom. The molecule has 2 atom stereocenters. The molecule has 1 aliphatic heterocycles. The van der Waals surface area contributed by atoms with E-state index in [1.54, 1.807) is 6.92 Å². The highest BCUT2D eigenvalue weighted by atomic mass is 16.7. The summed E-state index contributed by atoms with van der Waals surface area (Å²) in [5, 5.41) is 9.00. The largest absolute Gasteiger partial charge is 0.364 e. The zero-order valence-corrected chi connectivity index (χ0v) is 5.35. The van der Waals surface area contributed by atoms with Crippen LogP contribution in [-0.4, -0.2) is 17.0 Å². The first-order valence-electron chi connectivity index (χ1n) is 3.07. The second-order valence-corrected chi connectivity index (χ2v) is 2.45. The van der Waals surface area contributed by atoms with Gasteiger partial charge in [-0.15, -0.1) is 0 Å². The van der Waals surface area contributed by atoms with Gasteiger partial charge in [0.25, 0.3) is 0 Å². The number of epoxide rings is 1. The molecule has 0 amide bonds. The van der Waals surface area contributed by atoms with Gasteiger partial charge in [-0.2, -0.15) is 0 Å². The molecule has 0 aromatic rings. The van der Waals surface area contributed by atoms with E-state index >= 15 is 0 Å². The van der Waals surface area contributed by atoms with E-state index in [9.17, 15) is 0 Å². The molecule has 1 saturated heterocycles. The molecular weight excluding hydrogens is 104 g/mol. The van der Waals surface area contributed by atoms with Gasteiger partial charge in [0, 0.05) is 0 Å². The Balaban J connectivity index is 2.17. The van der Waals surface area contributed by atoms with Crippen LogP contribution in [0.1, 0.15) is 26.7 Å². The van der Waals surface area contributed by atoms with Gasteiger partial charge < -0.3 is 9.84 Å². The molecule has 0 saturated carbocycles. The molecular formula is C6H12O2. The Kier molecular flexibility index (Phi) is 1.29. The van der Waals surface area contributed by atoms with Crippen molar-refractivity contribution in [3.63, 3.8) is 0 Å². The summed E-state index contributed by atoms with van der Waals surface area (Å²) in [7, 11) is 0. The molecule has 0 aromatic carbocycles. The molecule has 0 radical (unpaired) electrons. The van der Waals surface area contributed by atoms with E-state index in [0.29, 0.717) is 0 Å². The molecule has 2 nitrogen and oxygen atoms in total. The minimum atomic E-state index is -0.782. The Bertz CT molecular complexity index is 88.5. The van der Waals surface area contributed by atoms with Crippen molar-refractivity contribution < 1.29 is 9.84 Å². The van der Waals surface area contributed by atoms with E-state index < -0.39 is 5.79 Å². The van der Waals surface area contributed by atoms with E-state index in [1.807, 2.05) is 0 Å². The third-order valence-electron chi connectivity index (χ3n) is 1.47. The third kappa shape index (κ3) is 1.01. The number of hydrogen-bond donors (Lipinski definition) is 1. The quantitative estimate of drug-likeness (QED) is 0.543. The first-order chi connectivity index (χ1) is 3.67. The predicted molar refractivity (Wildman–Crippen MR) is 30.4 cm³/mol. The average molecular weight is 116 g/mol. The van der Waals surface area contributed by atoms with E-state index in [4.69, 9.17) is 9.84 Å². The molecule has 0 spiro atoms. The fourth-order valence-electron chi connectivity index (χ4n) is 0.843. The minimum absolute atomic E-state index is 0.118. The number of ether oxygens (including phenoxy) is 1. The van der Waals surface area contributed by atoms with E-state index in [-0.39, 0.29) is 6.10 Å². The van der Waals surface area contributed by atoms with Crippen LogP contribution < -0.4 is 0 Å². The van der Waals surface area contributed by atoms with Crippen LogP contribution in [0.3, 0.4) is 0 Å². The van der Waals surface area contributed by atoms with Crippen molar-refractivity contribution in [1.29, 1.82) is 0 Å². The molecule has 1 fully saturated rings. The van der Waals surface area contributed by atoms with Crippen molar-refractivity contribution >= 4 is 0 Å². The molecule has 48 valence electrons. The van der Waals surface area contributed by atoms with E-state index in [2.05, 4.69) is 6.92 Å².